The molecule has 6 nitrogen and oxygen atoms in total. The van der Waals surface area contributed by atoms with Gasteiger partial charge < -0.3 is 19.8 Å². The summed E-state index contributed by atoms with van der Waals surface area (Å²) in [6.45, 7) is 7.53. The third-order valence-electron chi connectivity index (χ3n) is 3.80. The molecule has 26 heavy (non-hydrogen) atoms. The van der Waals surface area contributed by atoms with Gasteiger partial charge in [0.25, 0.3) is 5.91 Å². The van der Waals surface area contributed by atoms with E-state index >= 15 is 0 Å². The van der Waals surface area contributed by atoms with E-state index in [-0.39, 0.29) is 36.0 Å². The van der Waals surface area contributed by atoms with Gasteiger partial charge in [-0.2, -0.15) is 0 Å². The van der Waals surface area contributed by atoms with Crippen LogP contribution in [0.4, 0.5) is 0 Å². The molecule has 2 aromatic rings. The van der Waals surface area contributed by atoms with Crippen LogP contribution in [0.3, 0.4) is 0 Å². The first-order valence-corrected chi connectivity index (χ1v) is 8.68. The van der Waals surface area contributed by atoms with Crippen molar-refractivity contribution in [3.8, 4) is 5.75 Å². The summed E-state index contributed by atoms with van der Waals surface area (Å²) in [6, 6.07) is 11.2. The third-order valence-corrected chi connectivity index (χ3v) is 3.80. The summed E-state index contributed by atoms with van der Waals surface area (Å²) >= 11 is 0. The smallest absolute Gasteiger partial charge is 0.286 e. The molecule has 0 aliphatic heterocycles. The first-order chi connectivity index (χ1) is 12.4. The molecule has 140 valence electrons. The second-order valence-corrected chi connectivity index (χ2v) is 6.96. The lowest BCUT2D eigenvalue weighted by Gasteiger charge is -2.19. The maximum atomic E-state index is 11.7. The van der Waals surface area contributed by atoms with Crippen molar-refractivity contribution in [3.63, 3.8) is 0 Å². The van der Waals surface area contributed by atoms with Crippen molar-refractivity contribution in [2.45, 2.75) is 32.6 Å². The average Bonchev–Trinajstić information content (AvgIpc) is 3.13. The van der Waals surface area contributed by atoms with E-state index < -0.39 is 0 Å². The molecule has 0 unspecified atom stereocenters. The fourth-order valence-electron chi connectivity index (χ4n) is 2.28. The molecule has 2 amide bonds. The molecular formula is C20H26N2O4. The molecular weight excluding hydrogens is 332 g/mol. The Hall–Kier alpha value is -2.76. The van der Waals surface area contributed by atoms with Crippen LogP contribution in [-0.4, -0.2) is 31.5 Å². The largest absolute Gasteiger partial charge is 0.492 e. The van der Waals surface area contributed by atoms with Crippen molar-refractivity contribution in [3.05, 3.63) is 54.0 Å². The Kier molecular flexibility index (Phi) is 6.83. The number of furan rings is 1. The van der Waals surface area contributed by atoms with Crippen molar-refractivity contribution in [2.75, 3.05) is 19.7 Å². The number of hydrogen-bond donors (Lipinski definition) is 2. The number of amides is 2. The van der Waals surface area contributed by atoms with Gasteiger partial charge in [0.15, 0.2) is 5.76 Å². The second kappa shape index (κ2) is 9.08. The molecule has 0 aliphatic carbocycles. The zero-order valence-corrected chi connectivity index (χ0v) is 15.5. The molecule has 6 heteroatoms. The minimum Gasteiger partial charge on any atom is -0.492 e. The van der Waals surface area contributed by atoms with E-state index in [1.165, 1.54) is 11.8 Å². The summed E-state index contributed by atoms with van der Waals surface area (Å²) in [6.07, 6.45) is 1.63. The second-order valence-electron chi connectivity index (χ2n) is 6.96. The van der Waals surface area contributed by atoms with Crippen molar-refractivity contribution < 1.29 is 18.7 Å². The fraction of sp³-hybridized carbons (Fsp3) is 0.400. The molecule has 2 N–H and O–H groups in total. The quantitative estimate of drug-likeness (QED) is 0.711. The lowest BCUT2D eigenvalue weighted by atomic mass is 9.87. The number of benzene rings is 1. The number of hydrogen-bond acceptors (Lipinski definition) is 4. The van der Waals surface area contributed by atoms with Gasteiger partial charge in [-0.15, -0.1) is 0 Å². The van der Waals surface area contributed by atoms with Gasteiger partial charge >= 0.3 is 0 Å². The highest BCUT2D eigenvalue weighted by molar-refractivity contribution is 5.91. The van der Waals surface area contributed by atoms with E-state index in [0.717, 1.165) is 5.75 Å². The monoisotopic (exact) mass is 358 g/mol. The van der Waals surface area contributed by atoms with E-state index in [1.807, 2.05) is 12.1 Å². The molecule has 1 aromatic carbocycles. The van der Waals surface area contributed by atoms with Gasteiger partial charge in [0.1, 0.15) is 12.4 Å². The molecule has 0 radical (unpaired) electrons. The van der Waals surface area contributed by atoms with Crippen LogP contribution < -0.4 is 15.4 Å². The van der Waals surface area contributed by atoms with E-state index in [4.69, 9.17) is 9.15 Å². The summed E-state index contributed by atoms with van der Waals surface area (Å²) in [4.78, 5) is 23.4. The number of rotatable bonds is 8. The highest BCUT2D eigenvalue weighted by atomic mass is 16.5. The van der Waals surface area contributed by atoms with Crippen LogP contribution in [0.1, 0.15) is 43.3 Å². The number of nitrogens with one attached hydrogen (secondary N) is 2. The highest BCUT2D eigenvalue weighted by Crippen LogP contribution is 2.24. The summed E-state index contributed by atoms with van der Waals surface area (Å²) in [5.41, 5.74) is 1.36. The molecule has 0 atom stereocenters. The number of carbonyl (C=O) groups is 2. The zero-order chi connectivity index (χ0) is 19.0. The number of carbonyl (C=O) groups excluding carboxylic acids is 2. The van der Waals surface area contributed by atoms with Crippen LogP contribution in [0.15, 0.2) is 47.1 Å². The predicted molar refractivity (Wildman–Crippen MR) is 99.3 cm³/mol. The van der Waals surface area contributed by atoms with Gasteiger partial charge in [-0.3, -0.25) is 9.59 Å². The van der Waals surface area contributed by atoms with E-state index in [1.54, 1.807) is 12.1 Å². The molecule has 0 fully saturated rings. The van der Waals surface area contributed by atoms with Gasteiger partial charge in [0.05, 0.1) is 12.8 Å². The molecule has 0 spiro atoms. The highest BCUT2D eigenvalue weighted by Gasteiger charge is 2.13. The fourth-order valence-corrected chi connectivity index (χ4v) is 2.28. The van der Waals surface area contributed by atoms with Crippen LogP contribution in [0.25, 0.3) is 0 Å². The van der Waals surface area contributed by atoms with E-state index in [0.29, 0.717) is 13.2 Å². The minimum atomic E-state index is -0.329. The Bertz CT molecular complexity index is 700. The molecule has 0 aliphatic rings. The summed E-state index contributed by atoms with van der Waals surface area (Å²) in [5.74, 6) is 0.538. The van der Waals surface area contributed by atoms with Crippen molar-refractivity contribution in [2.24, 2.45) is 0 Å². The topological polar surface area (TPSA) is 80.6 Å². The summed E-state index contributed by atoms with van der Waals surface area (Å²) in [7, 11) is 0. The van der Waals surface area contributed by atoms with Crippen LogP contribution in [-0.2, 0) is 10.2 Å². The van der Waals surface area contributed by atoms with E-state index in [2.05, 4.69) is 43.5 Å². The van der Waals surface area contributed by atoms with E-state index in [9.17, 15) is 9.59 Å². The van der Waals surface area contributed by atoms with Gasteiger partial charge in [-0.05, 0) is 35.2 Å². The van der Waals surface area contributed by atoms with Gasteiger partial charge in [0, 0.05) is 13.0 Å². The van der Waals surface area contributed by atoms with Gasteiger partial charge in [0.2, 0.25) is 5.91 Å². The van der Waals surface area contributed by atoms with Crippen molar-refractivity contribution in [1.82, 2.24) is 10.6 Å². The standard InChI is InChI=1S/C20H26N2O4/c1-20(2,3)15-6-8-16(9-7-15)25-14-12-21-18(23)10-11-22-19(24)17-5-4-13-26-17/h4-9,13H,10-12,14H2,1-3H3,(H,21,23)(H,22,24). The van der Waals surface area contributed by atoms with Crippen molar-refractivity contribution >= 4 is 11.8 Å². The first-order valence-electron chi connectivity index (χ1n) is 8.68. The predicted octanol–water partition coefficient (Wildman–Crippen LogP) is 2.89. The summed E-state index contributed by atoms with van der Waals surface area (Å²) in [5, 5.41) is 5.38. The van der Waals surface area contributed by atoms with Crippen molar-refractivity contribution in [1.29, 1.82) is 0 Å². The summed E-state index contributed by atoms with van der Waals surface area (Å²) < 4.78 is 10.6. The Morgan fingerprint density at radius 2 is 1.77 bits per heavy atom. The maximum absolute atomic E-state index is 11.7. The Labute approximate surface area is 153 Å². The molecule has 1 aromatic heterocycles. The van der Waals surface area contributed by atoms with Gasteiger partial charge in [-0.25, -0.2) is 0 Å². The zero-order valence-electron chi connectivity index (χ0n) is 15.5. The van der Waals surface area contributed by atoms with Gasteiger partial charge in [-0.1, -0.05) is 32.9 Å². The van der Waals surface area contributed by atoms with Crippen LogP contribution in [0.5, 0.6) is 5.75 Å². The number of ether oxygens (including phenoxy) is 1. The Morgan fingerprint density at radius 3 is 2.38 bits per heavy atom. The Balaban J connectivity index is 1.59. The lowest BCUT2D eigenvalue weighted by molar-refractivity contribution is -0.121. The lowest BCUT2D eigenvalue weighted by Crippen LogP contribution is -2.32. The molecule has 0 saturated heterocycles. The Morgan fingerprint density at radius 1 is 1.04 bits per heavy atom. The SMILES string of the molecule is CC(C)(C)c1ccc(OCCNC(=O)CCNC(=O)c2ccco2)cc1. The van der Waals surface area contributed by atoms with Crippen LogP contribution in [0, 0.1) is 0 Å². The third kappa shape index (κ3) is 6.27. The minimum absolute atomic E-state index is 0.110. The normalized spacial score (nSPS) is 11.0. The average molecular weight is 358 g/mol. The molecule has 0 saturated carbocycles. The van der Waals surface area contributed by atoms with Crippen LogP contribution in [0.2, 0.25) is 0 Å². The maximum Gasteiger partial charge on any atom is 0.286 e. The van der Waals surface area contributed by atoms with Crippen LogP contribution >= 0.6 is 0 Å². The molecule has 2 rings (SSSR count). The first kappa shape index (κ1) is 19.6. The molecule has 1 heterocycles. The molecule has 0 bridgehead atoms.